The van der Waals surface area contributed by atoms with Gasteiger partial charge in [0.15, 0.2) is 0 Å². The molecule has 0 N–H and O–H groups in total. The standard InChI is InChI=1S/C19H16ClF3N2O/c1-2-3-6-15-17(18(26)25-10-5-4-7-16(25)24-15)12-8-9-14(20)13(11-12)19(21,22)23/h4-5,7-11H,2-3,6H2,1H3. The molecule has 2 heterocycles. The van der Waals surface area contributed by atoms with E-state index in [0.29, 0.717) is 17.8 Å². The summed E-state index contributed by atoms with van der Waals surface area (Å²) in [7, 11) is 0. The number of halogens is 4. The predicted octanol–water partition coefficient (Wildman–Crippen LogP) is 5.38. The van der Waals surface area contributed by atoms with Crippen molar-refractivity contribution in [2.24, 2.45) is 0 Å². The van der Waals surface area contributed by atoms with Crippen LogP contribution in [0.4, 0.5) is 13.2 Å². The van der Waals surface area contributed by atoms with Crippen LogP contribution in [0.15, 0.2) is 47.4 Å². The molecule has 0 aliphatic carbocycles. The number of benzene rings is 1. The molecular formula is C19H16ClF3N2O. The van der Waals surface area contributed by atoms with E-state index in [2.05, 4.69) is 4.98 Å². The van der Waals surface area contributed by atoms with E-state index in [1.807, 2.05) is 6.92 Å². The molecule has 7 heteroatoms. The zero-order valence-electron chi connectivity index (χ0n) is 14.0. The average molecular weight is 381 g/mol. The van der Waals surface area contributed by atoms with E-state index in [9.17, 15) is 18.0 Å². The highest BCUT2D eigenvalue weighted by molar-refractivity contribution is 6.31. The minimum atomic E-state index is -4.60. The van der Waals surface area contributed by atoms with Gasteiger partial charge in [-0.05, 0) is 42.7 Å². The lowest BCUT2D eigenvalue weighted by molar-refractivity contribution is -0.137. The molecule has 0 spiro atoms. The van der Waals surface area contributed by atoms with Crippen molar-refractivity contribution in [2.75, 3.05) is 0 Å². The van der Waals surface area contributed by atoms with Crippen molar-refractivity contribution < 1.29 is 13.2 Å². The highest BCUT2D eigenvalue weighted by Gasteiger charge is 2.33. The summed E-state index contributed by atoms with van der Waals surface area (Å²) in [5.74, 6) is 0. The Kier molecular flexibility index (Phi) is 5.05. The second kappa shape index (κ2) is 7.11. The first-order valence-electron chi connectivity index (χ1n) is 8.20. The maximum atomic E-state index is 13.2. The zero-order valence-corrected chi connectivity index (χ0v) is 14.7. The third-order valence-electron chi connectivity index (χ3n) is 4.14. The van der Waals surface area contributed by atoms with E-state index in [1.165, 1.54) is 16.5 Å². The number of aryl methyl sites for hydroxylation is 1. The Morgan fingerprint density at radius 3 is 2.65 bits per heavy atom. The molecule has 0 bridgehead atoms. The Morgan fingerprint density at radius 1 is 1.19 bits per heavy atom. The van der Waals surface area contributed by atoms with Crippen molar-refractivity contribution in [3.63, 3.8) is 0 Å². The molecule has 3 aromatic rings. The van der Waals surface area contributed by atoms with Crippen LogP contribution >= 0.6 is 11.6 Å². The molecular weight excluding hydrogens is 365 g/mol. The van der Waals surface area contributed by atoms with Gasteiger partial charge in [0.05, 0.1) is 21.8 Å². The highest BCUT2D eigenvalue weighted by atomic mass is 35.5. The van der Waals surface area contributed by atoms with Crippen LogP contribution in [0.3, 0.4) is 0 Å². The topological polar surface area (TPSA) is 34.4 Å². The lowest BCUT2D eigenvalue weighted by atomic mass is 9.99. The maximum Gasteiger partial charge on any atom is 0.417 e. The lowest BCUT2D eigenvalue weighted by Gasteiger charge is -2.14. The molecule has 0 atom stereocenters. The summed E-state index contributed by atoms with van der Waals surface area (Å²) >= 11 is 5.71. The molecule has 0 radical (unpaired) electrons. The normalized spacial score (nSPS) is 11.9. The Labute approximate surface area is 153 Å². The summed E-state index contributed by atoms with van der Waals surface area (Å²) in [5, 5.41) is -0.398. The van der Waals surface area contributed by atoms with Crippen LogP contribution in [-0.2, 0) is 12.6 Å². The van der Waals surface area contributed by atoms with Crippen LogP contribution in [0, 0.1) is 0 Å². The van der Waals surface area contributed by atoms with E-state index in [0.717, 1.165) is 18.9 Å². The van der Waals surface area contributed by atoms with Gasteiger partial charge in [-0.3, -0.25) is 9.20 Å². The van der Waals surface area contributed by atoms with E-state index in [-0.39, 0.29) is 11.1 Å². The maximum absolute atomic E-state index is 13.2. The summed E-state index contributed by atoms with van der Waals surface area (Å²) in [5.41, 5.74) is -0.0310. The molecule has 0 saturated carbocycles. The van der Waals surface area contributed by atoms with Crippen LogP contribution in [0.25, 0.3) is 16.8 Å². The Bertz CT molecular complexity index is 1010. The van der Waals surface area contributed by atoms with E-state index >= 15 is 0 Å². The quantitative estimate of drug-likeness (QED) is 0.609. The summed E-state index contributed by atoms with van der Waals surface area (Å²) in [6.07, 6.45) is -0.877. The fraction of sp³-hybridized carbons (Fsp3) is 0.263. The molecule has 0 aliphatic heterocycles. The van der Waals surface area contributed by atoms with Gasteiger partial charge >= 0.3 is 6.18 Å². The average Bonchev–Trinajstić information content (AvgIpc) is 2.60. The van der Waals surface area contributed by atoms with Crippen molar-refractivity contribution in [1.29, 1.82) is 0 Å². The SMILES string of the molecule is CCCCc1nc2ccccn2c(=O)c1-c1ccc(Cl)c(C(F)(F)F)c1. The van der Waals surface area contributed by atoms with Gasteiger partial charge in [-0.2, -0.15) is 13.2 Å². The van der Waals surface area contributed by atoms with Crippen molar-refractivity contribution in [3.05, 3.63) is 69.2 Å². The van der Waals surface area contributed by atoms with Crippen LogP contribution in [0.2, 0.25) is 5.02 Å². The molecule has 136 valence electrons. The van der Waals surface area contributed by atoms with Gasteiger partial charge in [0.2, 0.25) is 0 Å². The number of pyridine rings is 1. The third-order valence-corrected chi connectivity index (χ3v) is 4.47. The van der Waals surface area contributed by atoms with Gasteiger partial charge < -0.3 is 0 Å². The number of hydrogen-bond donors (Lipinski definition) is 0. The number of nitrogens with zero attached hydrogens (tertiary/aromatic N) is 2. The zero-order chi connectivity index (χ0) is 18.9. The van der Waals surface area contributed by atoms with Crippen LogP contribution in [0.1, 0.15) is 31.0 Å². The number of unbranched alkanes of at least 4 members (excludes halogenated alkanes) is 1. The molecule has 26 heavy (non-hydrogen) atoms. The van der Waals surface area contributed by atoms with E-state index in [4.69, 9.17) is 11.6 Å². The molecule has 3 nitrogen and oxygen atoms in total. The van der Waals surface area contributed by atoms with Gasteiger partial charge in [-0.25, -0.2) is 4.98 Å². The number of rotatable bonds is 4. The van der Waals surface area contributed by atoms with Crippen molar-refractivity contribution in [2.45, 2.75) is 32.4 Å². The minimum absolute atomic E-state index is 0.170. The van der Waals surface area contributed by atoms with E-state index < -0.39 is 22.3 Å². The van der Waals surface area contributed by atoms with Crippen LogP contribution in [0.5, 0.6) is 0 Å². The third kappa shape index (κ3) is 3.46. The van der Waals surface area contributed by atoms with Crippen LogP contribution < -0.4 is 5.56 Å². The Balaban J connectivity index is 2.30. The first kappa shape index (κ1) is 18.5. The van der Waals surface area contributed by atoms with Gasteiger partial charge in [0, 0.05) is 6.20 Å². The summed E-state index contributed by atoms with van der Waals surface area (Å²) in [6.45, 7) is 2.00. The summed E-state index contributed by atoms with van der Waals surface area (Å²) < 4.78 is 41.0. The Hall–Kier alpha value is -2.34. The van der Waals surface area contributed by atoms with Crippen LogP contribution in [-0.4, -0.2) is 9.38 Å². The van der Waals surface area contributed by atoms with Crippen molar-refractivity contribution >= 4 is 17.2 Å². The Morgan fingerprint density at radius 2 is 1.96 bits per heavy atom. The molecule has 2 aromatic heterocycles. The molecule has 0 amide bonds. The predicted molar refractivity (Wildman–Crippen MR) is 95.5 cm³/mol. The molecule has 0 unspecified atom stereocenters. The second-order valence-corrected chi connectivity index (χ2v) is 6.37. The fourth-order valence-electron chi connectivity index (χ4n) is 2.85. The largest absolute Gasteiger partial charge is 0.417 e. The number of hydrogen-bond acceptors (Lipinski definition) is 2. The molecule has 3 rings (SSSR count). The number of fused-ring (bicyclic) bond motifs is 1. The molecule has 0 saturated heterocycles. The van der Waals surface area contributed by atoms with Gasteiger partial charge in [0.25, 0.3) is 5.56 Å². The fourth-order valence-corrected chi connectivity index (χ4v) is 3.07. The first-order valence-corrected chi connectivity index (χ1v) is 8.58. The second-order valence-electron chi connectivity index (χ2n) is 5.96. The van der Waals surface area contributed by atoms with Gasteiger partial charge in [-0.15, -0.1) is 0 Å². The van der Waals surface area contributed by atoms with Crippen molar-refractivity contribution in [1.82, 2.24) is 9.38 Å². The highest BCUT2D eigenvalue weighted by Crippen LogP contribution is 2.37. The lowest BCUT2D eigenvalue weighted by Crippen LogP contribution is -2.20. The monoisotopic (exact) mass is 380 g/mol. The summed E-state index contributed by atoms with van der Waals surface area (Å²) in [4.78, 5) is 17.5. The molecule has 0 fully saturated rings. The van der Waals surface area contributed by atoms with E-state index in [1.54, 1.807) is 24.4 Å². The number of alkyl halides is 3. The molecule has 1 aromatic carbocycles. The summed E-state index contributed by atoms with van der Waals surface area (Å²) in [6, 6.07) is 8.65. The van der Waals surface area contributed by atoms with Gasteiger partial charge in [0.1, 0.15) is 5.65 Å². The minimum Gasteiger partial charge on any atom is -0.268 e. The first-order chi connectivity index (χ1) is 12.3. The van der Waals surface area contributed by atoms with Gasteiger partial charge in [-0.1, -0.05) is 37.1 Å². The smallest absolute Gasteiger partial charge is 0.268 e. The number of aromatic nitrogens is 2. The molecule has 0 aliphatic rings. The van der Waals surface area contributed by atoms with Crippen molar-refractivity contribution in [3.8, 4) is 11.1 Å².